The van der Waals surface area contributed by atoms with E-state index < -0.39 is 0 Å². The minimum atomic E-state index is 0.387. The van der Waals surface area contributed by atoms with E-state index in [0.717, 1.165) is 19.0 Å². The molecule has 0 amide bonds. The van der Waals surface area contributed by atoms with Crippen LogP contribution in [0.2, 0.25) is 0 Å². The van der Waals surface area contributed by atoms with E-state index in [4.69, 9.17) is 0 Å². The lowest BCUT2D eigenvalue weighted by Crippen LogP contribution is -2.46. The molecule has 0 radical (unpaired) electrons. The van der Waals surface area contributed by atoms with Crippen molar-refractivity contribution < 1.29 is 0 Å². The van der Waals surface area contributed by atoms with Crippen molar-refractivity contribution in [2.24, 2.45) is 4.99 Å². The van der Waals surface area contributed by atoms with Crippen LogP contribution in [0.3, 0.4) is 0 Å². The molecular formula is C18H37N5S. The molecule has 6 heteroatoms. The Hall–Kier alpha value is -0.460. The number of hydrogen-bond acceptors (Lipinski definition) is 4. The summed E-state index contributed by atoms with van der Waals surface area (Å²) >= 11 is 2.09. The molecule has 5 nitrogen and oxygen atoms in total. The molecule has 0 aromatic heterocycles. The summed E-state index contributed by atoms with van der Waals surface area (Å²) in [6, 6.07) is 0. The van der Waals surface area contributed by atoms with E-state index in [2.05, 4.69) is 51.0 Å². The van der Waals surface area contributed by atoms with Gasteiger partial charge in [0.25, 0.3) is 0 Å². The third-order valence-electron chi connectivity index (χ3n) is 5.26. The Bertz CT molecular complexity index is 374. The van der Waals surface area contributed by atoms with Gasteiger partial charge in [-0.2, -0.15) is 11.8 Å². The van der Waals surface area contributed by atoms with Gasteiger partial charge in [0.1, 0.15) is 0 Å². The van der Waals surface area contributed by atoms with Crippen LogP contribution in [-0.2, 0) is 0 Å². The van der Waals surface area contributed by atoms with Crippen LogP contribution in [0.25, 0.3) is 0 Å². The number of guanidine groups is 1. The fraction of sp³-hybridized carbons (Fsp3) is 0.944. The van der Waals surface area contributed by atoms with Crippen molar-refractivity contribution in [1.82, 2.24) is 20.4 Å². The lowest BCUT2D eigenvalue weighted by atomic mass is 10.1. The highest BCUT2D eigenvalue weighted by atomic mass is 32.2. The summed E-state index contributed by atoms with van der Waals surface area (Å²) in [6.07, 6.45) is 5.14. The van der Waals surface area contributed by atoms with Crippen molar-refractivity contribution in [1.29, 1.82) is 0 Å². The van der Waals surface area contributed by atoms with E-state index in [1.54, 1.807) is 0 Å². The second-order valence-corrected chi connectivity index (χ2v) is 8.92. The van der Waals surface area contributed by atoms with E-state index in [9.17, 15) is 0 Å². The van der Waals surface area contributed by atoms with Gasteiger partial charge in [0.15, 0.2) is 5.96 Å². The molecule has 24 heavy (non-hydrogen) atoms. The number of thioether (sulfide) groups is 1. The van der Waals surface area contributed by atoms with Crippen LogP contribution in [0.1, 0.15) is 39.5 Å². The third-order valence-corrected chi connectivity index (χ3v) is 6.80. The van der Waals surface area contributed by atoms with Crippen molar-refractivity contribution in [3.8, 4) is 0 Å². The molecular weight excluding hydrogens is 318 g/mol. The van der Waals surface area contributed by atoms with Gasteiger partial charge in [0.05, 0.1) is 0 Å². The molecule has 2 heterocycles. The highest BCUT2D eigenvalue weighted by Gasteiger charge is 2.29. The summed E-state index contributed by atoms with van der Waals surface area (Å²) in [7, 11) is 1.87. The maximum atomic E-state index is 4.35. The second-order valence-electron chi connectivity index (χ2n) is 7.24. The maximum absolute atomic E-state index is 4.35. The quantitative estimate of drug-likeness (QED) is 0.395. The molecule has 0 spiro atoms. The molecule has 1 atom stereocenters. The standard InChI is InChI=1S/C18H37N5S/c1-4-22-11-13-23(14-12-22)10-6-5-9-20-17(19-3)21-16-18(2)8-7-15-24-18/h4-16H2,1-3H3,(H2,19,20,21). The molecule has 0 bridgehead atoms. The summed E-state index contributed by atoms with van der Waals surface area (Å²) in [4.78, 5) is 9.50. The molecule has 0 aromatic rings. The molecule has 2 fully saturated rings. The van der Waals surface area contributed by atoms with Crippen molar-refractivity contribution >= 4 is 17.7 Å². The number of nitrogens with zero attached hydrogens (tertiary/aromatic N) is 3. The molecule has 0 saturated carbocycles. The molecule has 2 N–H and O–H groups in total. The Labute approximate surface area is 153 Å². The van der Waals surface area contributed by atoms with Crippen LogP contribution in [0.15, 0.2) is 4.99 Å². The number of hydrogen-bond donors (Lipinski definition) is 2. The summed E-state index contributed by atoms with van der Waals surface area (Å²) in [5.74, 6) is 2.26. The first kappa shape index (κ1) is 19.9. The third kappa shape index (κ3) is 6.81. The fourth-order valence-electron chi connectivity index (χ4n) is 3.46. The molecule has 2 rings (SSSR count). The van der Waals surface area contributed by atoms with Gasteiger partial charge in [-0.25, -0.2) is 0 Å². The zero-order valence-electron chi connectivity index (χ0n) is 15.9. The summed E-state index contributed by atoms with van der Waals surface area (Å²) < 4.78 is 0.387. The number of nitrogens with one attached hydrogen (secondary N) is 2. The zero-order valence-corrected chi connectivity index (χ0v) is 16.8. The van der Waals surface area contributed by atoms with Gasteiger partial charge in [-0.05, 0) is 51.4 Å². The van der Waals surface area contributed by atoms with Gasteiger partial charge in [-0.1, -0.05) is 6.92 Å². The van der Waals surface area contributed by atoms with E-state index in [0.29, 0.717) is 4.75 Å². The fourth-order valence-corrected chi connectivity index (χ4v) is 4.71. The van der Waals surface area contributed by atoms with Crippen LogP contribution in [0, 0.1) is 0 Å². The zero-order chi connectivity index (χ0) is 17.3. The highest BCUT2D eigenvalue weighted by molar-refractivity contribution is 8.00. The van der Waals surface area contributed by atoms with Gasteiger partial charge >= 0.3 is 0 Å². The van der Waals surface area contributed by atoms with Crippen LogP contribution in [0.4, 0.5) is 0 Å². The first-order valence-corrected chi connectivity index (χ1v) is 10.7. The van der Waals surface area contributed by atoms with Gasteiger partial charge < -0.3 is 20.4 Å². The van der Waals surface area contributed by atoms with Crippen LogP contribution >= 0.6 is 11.8 Å². The van der Waals surface area contributed by atoms with E-state index in [1.807, 2.05) is 7.05 Å². The average Bonchev–Trinajstić information content (AvgIpc) is 3.04. The van der Waals surface area contributed by atoms with Crippen LogP contribution in [0.5, 0.6) is 0 Å². The molecule has 2 aliphatic rings. The average molecular weight is 356 g/mol. The van der Waals surface area contributed by atoms with E-state index in [-0.39, 0.29) is 0 Å². The molecule has 2 aliphatic heterocycles. The first-order chi connectivity index (χ1) is 11.6. The predicted octanol–water partition coefficient (Wildman–Crippen LogP) is 1.85. The van der Waals surface area contributed by atoms with Gasteiger partial charge in [0.2, 0.25) is 0 Å². The van der Waals surface area contributed by atoms with Crippen molar-refractivity contribution in [3.05, 3.63) is 0 Å². The van der Waals surface area contributed by atoms with Gasteiger partial charge in [-0.3, -0.25) is 4.99 Å². The Morgan fingerprint density at radius 1 is 1.12 bits per heavy atom. The Kier molecular flexibility index (Phi) is 8.70. The van der Waals surface area contributed by atoms with E-state index in [1.165, 1.54) is 70.7 Å². The lowest BCUT2D eigenvalue weighted by Gasteiger charge is -2.34. The minimum Gasteiger partial charge on any atom is -0.356 e. The summed E-state index contributed by atoms with van der Waals surface area (Å²) in [5.41, 5.74) is 0. The monoisotopic (exact) mass is 355 g/mol. The van der Waals surface area contributed by atoms with Crippen molar-refractivity contribution in [2.75, 3.05) is 65.2 Å². The maximum Gasteiger partial charge on any atom is 0.191 e. The Morgan fingerprint density at radius 3 is 2.50 bits per heavy atom. The smallest absolute Gasteiger partial charge is 0.191 e. The second kappa shape index (κ2) is 10.5. The number of rotatable bonds is 8. The number of likely N-dealkylation sites (N-methyl/N-ethyl adjacent to an activating group) is 1. The molecule has 1 unspecified atom stereocenters. The van der Waals surface area contributed by atoms with Crippen LogP contribution in [-0.4, -0.2) is 85.7 Å². The van der Waals surface area contributed by atoms with Gasteiger partial charge in [-0.15, -0.1) is 0 Å². The molecule has 2 saturated heterocycles. The summed E-state index contributed by atoms with van der Waals surface area (Å²) in [5, 5.41) is 6.97. The number of piperazine rings is 1. The first-order valence-electron chi connectivity index (χ1n) is 9.68. The SMILES string of the molecule is CCN1CCN(CCCCNC(=NC)NCC2(C)CCCS2)CC1. The molecule has 0 aromatic carbocycles. The molecule has 140 valence electrons. The minimum absolute atomic E-state index is 0.387. The Morgan fingerprint density at radius 2 is 1.88 bits per heavy atom. The molecule has 0 aliphatic carbocycles. The highest BCUT2D eigenvalue weighted by Crippen LogP contribution is 2.36. The largest absolute Gasteiger partial charge is 0.356 e. The topological polar surface area (TPSA) is 42.9 Å². The number of aliphatic imine (C=N–C) groups is 1. The van der Waals surface area contributed by atoms with Gasteiger partial charge in [0, 0.05) is 51.1 Å². The van der Waals surface area contributed by atoms with Crippen molar-refractivity contribution in [2.45, 2.75) is 44.3 Å². The lowest BCUT2D eigenvalue weighted by molar-refractivity contribution is 0.136. The normalized spacial score (nSPS) is 26.7. The van der Waals surface area contributed by atoms with Crippen molar-refractivity contribution in [3.63, 3.8) is 0 Å². The Balaban J connectivity index is 1.51. The summed E-state index contributed by atoms with van der Waals surface area (Å²) in [6.45, 7) is 14.0. The van der Waals surface area contributed by atoms with Crippen LogP contribution < -0.4 is 10.6 Å². The number of unbranched alkanes of at least 4 members (excludes halogenated alkanes) is 1. The van der Waals surface area contributed by atoms with E-state index >= 15 is 0 Å². The predicted molar refractivity (Wildman–Crippen MR) is 107 cm³/mol.